The highest BCUT2D eigenvalue weighted by Gasteiger charge is 2.32. The molecule has 1 aliphatic heterocycles. The van der Waals surface area contributed by atoms with Crippen LogP contribution in [0.5, 0.6) is 0 Å². The molecule has 0 aliphatic carbocycles. The molecule has 0 N–H and O–H groups in total. The van der Waals surface area contributed by atoms with Gasteiger partial charge >= 0.3 is 8.80 Å². The summed E-state index contributed by atoms with van der Waals surface area (Å²) in [6, 6.07) is 0. The lowest BCUT2D eigenvalue weighted by Gasteiger charge is -2.21. The molecular weight excluding hydrogens is 192 g/mol. The van der Waals surface area contributed by atoms with Crippen LogP contribution in [0, 0.1) is 0 Å². The number of hydrogen-bond donors (Lipinski definition) is 0. The van der Waals surface area contributed by atoms with Crippen molar-refractivity contribution in [3.63, 3.8) is 0 Å². The fourth-order valence-electron chi connectivity index (χ4n) is 0.694. The van der Waals surface area contributed by atoms with Crippen LogP contribution in [-0.2, 0) is 22.8 Å². The van der Waals surface area contributed by atoms with Gasteiger partial charge < -0.3 is 22.8 Å². The molecule has 0 aromatic rings. The standard InChI is InChI=1S/C7H16O5Si/c1-8-13(3,9-2)12-6-10-4-7-5-11-7/h7H,4-6H2,1-3H3. The molecular formula is C7H16O5Si. The summed E-state index contributed by atoms with van der Waals surface area (Å²) < 4.78 is 25.7. The number of rotatable bonds is 7. The maximum Gasteiger partial charge on any atom is 0.498 e. The molecule has 0 radical (unpaired) electrons. The fourth-order valence-corrected chi connectivity index (χ4v) is 1.39. The molecule has 1 rings (SSSR count). The van der Waals surface area contributed by atoms with E-state index in [1.165, 1.54) is 0 Å². The molecule has 0 amide bonds. The van der Waals surface area contributed by atoms with Crippen LogP contribution in [0.3, 0.4) is 0 Å². The molecule has 0 saturated carbocycles. The molecule has 1 fully saturated rings. The minimum Gasteiger partial charge on any atom is -0.377 e. The third-order valence-electron chi connectivity index (χ3n) is 1.85. The minimum absolute atomic E-state index is 0.199. The monoisotopic (exact) mass is 208 g/mol. The van der Waals surface area contributed by atoms with Crippen molar-refractivity contribution in [2.45, 2.75) is 12.7 Å². The first-order chi connectivity index (χ1) is 6.20. The van der Waals surface area contributed by atoms with E-state index in [1.54, 1.807) is 14.2 Å². The van der Waals surface area contributed by atoms with E-state index in [2.05, 4.69) is 0 Å². The smallest absolute Gasteiger partial charge is 0.377 e. The zero-order chi connectivity index (χ0) is 9.73. The Balaban J connectivity index is 2.01. The van der Waals surface area contributed by atoms with E-state index < -0.39 is 8.80 Å². The van der Waals surface area contributed by atoms with Crippen molar-refractivity contribution in [1.29, 1.82) is 0 Å². The first-order valence-corrected chi connectivity index (χ1v) is 6.36. The summed E-state index contributed by atoms with van der Waals surface area (Å²) in [5.74, 6) is 0. The molecule has 6 heteroatoms. The third-order valence-corrected chi connectivity index (χ3v) is 3.98. The summed E-state index contributed by atoms with van der Waals surface area (Å²) in [6.07, 6.45) is 0.265. The van der Waals surface area contributed by atoms with Crippen LogP contribution in [0.2, 0.25) is 6.55 Å². The predicted molar refractivity (Wildman–Crippen MR) is 47.3 cm³/mol. The Labute approximate surface area is 79.2 Å². The van der Waals surface area contributed by atoms with Crippen LogP contribution >= 0.6 is 0 Å². The molecule has 1 heterocycles. The summed E-state index contributed by atoms with van der Waals surface area (Å²) in [5.41, 5.74) is 0. The molecule has 1 atom stereocenters. The molecule has 13 heavy (non-hydrogen) atoms. The molecule has 78 valence electrons. The van der Waals surface area contributed by atoms with Gasteiger partial charge in [-0.3, -0.25) is 0 Å². The van der Waals surface area contributed by atoms with Crippen molar-refractivity contribution < 1.29 is 22.8 Å². The Morgan fingerprint density at radius 3 is 2.46 bits per heavy atom. The van der Waals surface area contributed by atoms with Gasteiger partial charge in [0, 0.05) is 20.8 Å². The van der Waals surface area contributed by atoms with Crippen molar-refractivity contribution in [1.82, 2.24) is 0 Å². The van der Waals surface area contributed by atoms with E-state index >= 15 is 0 Å². The highest BCUT2D eigenvalue weighted by Crippen LogP contribution is 2.10. The Morgan fingerprint density at radius 1 is 1.38 bits per heavy atom. The van der Waals surface area contributed by atoms with Crippen molar-refractivity contribution in [2.24, 2.45) is 0 Å². The number of epoxide rings is 1. The SMILES string of the molecule is CO[Si](C)(OC)OCOCC1CO1. The Bertz CT molecular complexity index is 146. The van der Waals surface area contributed by atoms with Gasteiger partial charge in [-0.2, -0.15) is 0 Å². The van der Waals surface area contributed by atoms with Crippen molar-refractivity contribution >= 4 is 8.80 Å². The van der Waals surface area contributed by atoms with Crippen LogP contribution in [0.15, 0.2) is 0 Å². The summed E-state index contributed by atoms with van der Waals surface area (Å²) in [5, 5.41) is 0. The first kappa shape index (κ1) is 11.1. The van der Waals surface area contributed by atoms with Gasteiger partial charge in [-0.05, 0) is 0 Å². The molecule has 1 aliphatic rings. The molecule has 1 unspecified atom stereocenters. The zero-order valence-corrected chi connectivity index (χ0v) is 9.24. The van der Waals surface area contributed by atoms with Gasteiger partial charge in [0.15, 0.2) is 0 Å². The lowest BCUT2D eigenvalue weighted by Crippen LogP contribution is -2.40. The molecule has 0 aromatic carbocycles. The lowest BCUT2D eigenvalue weighted by atomic mass is 10.5. The van der Waals surface area contributed by atoms with Gasteiger partial charge in [0.2, 0.25) is 0 Å². The van der Waals surface area contributed by atoms with Gasteiger partial charge in [-0.15, -0.1) is 0 Å². The van der Waals surface area contributed by atoms with Gasteiger partial charge in [-0.1, -0.05) is 0 Å². The maximum atomic E-state index is 5.32. The van der Waals surface area contributed by atoms with E-state index in [-0.39, 0.29) is 12.9 Å². The summed E-state index contributed by atoms with van der Waals surface area (Å²) >= 11 is 0. The van der Waals surface area contributed by atoms with Gasteiger partial charge in [0.1, 0.15) is 12.9 Å². The zero-order valence-electron chi connectivity index (χ0n) is 8.24. The minimum atomic E-state index is -2.41. The summed E-state index contributed by atoms with van der Waals surface area (Å²) in [4.78, 5) is 0. The highest BCUT2D eigenvalue weighted by molar-refractivity contribution is 6.59. The van der Waals surface area contributed by atoms with Crippen LogP contribution in [0.4, 0.5) is 0 Å². The average Bonchev–Trinajstić information content (AvgIpc) is 2.96. The van der Waals surface area contributed by atoms with Crippen molar-refractivity contribution in [2.75, 3.05) is 34.2 Å². The molecule has 0 spiro atoms. The summed E-state index contributed by atoms with van der Waals surface area (Å²) in [6.45, 7) is 3.38. The maximum absolute atomic E-state index is 5.32. The summed E-state index contributed by atoms with van der Waals surface area (Å²) in [7, 11) is 0.724. The van der Waals surface area contributed by atoms with Gasteiger partial charge in [0.25, 0.3) is 0 Å². The number of hydrogen-bond acceptors (Lipinski definition) is 5. The van der Waals surface area contributed by atoms with Crippen molar-refractivity contribution in [3.05, 3.63) is 0 Å². The second kappa shape index (κ2) is 5.04. The average molecular weight is 208 g/mol. The van der Waals surface area contributed by atoms with Gasteiger partial charge in [-0.25, -0.2) is 0 Å². The highest BCUT2D eigenvalue weighted by atomic mass is 28.4. The van der Waals surface area contributed by atoms with Crippen LogP contribution in [0.25, 0.3) is 0 Å². The largest absolute Gasteiger partial charge is 0.498 e. The Hall–Kier alpha value is 0.0169. The molecule has 5 nitrogen and oxygen atoms in total. The lowest BCUT2D eigenvalue weighted by molar-refractivity contribution is -0.0344. The van der Waals surface area contributed by atoms with Crippen LogP contribution in [0.1, 0.15) is 0 Å². The Kier molecular flexibility index (Phi) is 4.30. The predicted octanol–water partition coefficient (Wildman–Crippen LogP) is 0.237. The van der Waals surface area contributed by atoms with Crippen LogP contribution < -0.4 is 0 Å². The third kappa shape index (κ3) is 4.16. The molecule has 0 aromatic heterocycles. The van der Waals surface area contributed by atoms with E-state index in [0.29, 0.717) is 6.61 Å². The van der Waals surface area contributed by atoms with Gasteiger partial charge in [0.05, 0.1) is 13.2 Å². The van der Waals surface area contributed by atoms with E-state index in [0.717, 1.165) is 6.61 Å². The topological polar surface area (TPSA) is 49.5 Å². The fraction of sp³-hybridized carbons (Fsp3) is 1.00. The molecule has 1 saturated heterocycles. The Morgan fingerprint density at radius 2 is 2.00 bits per heavy atom. The normalized spacial score (nSPS) is 21.9. The quantitative estimate of drug-likeness (QED) is 0.259. The second-order valence-corrected chi connectivity index (χ2v) is 5.69. The number of ether oxygens (including phenoxy) is 2. The second-order valence-electron chi connectivity index (χ2n) is 2.86. The van der Waals surface area contributed by atoms with E-state index in [9.17, 15) is 0 Å². The van der Waals surface area contributed by atoms with Crippen LogP contribution in [-0.4, -0.2) is 49.1 Å². The van der Waals surface area contributed by atoms with Crippen molar-refractivity contribution in [3.8, 4) is 0 Å². The first-order valence-electron chi connectivity index (χ1n) is 4.14. The van der Waals surface area contributed by atoms with E-state index in [1.807, 2.05) is 6.55 Å². The van der Waals surface area contributed by atoms with E-state index in [4.69, 9.17) is 22.8 Å². The molecule has 0 bridgehead atoms.